The Morgan fingerprint density at radius 3 is 1.09 bits per heavy atom. The third-order valence-electron chi connectivity index (χ3n) is 11.9. The van der Waals surface area contributed by atoms with Crippen LogP contribution in [-0.2, 0) is 14.3 Å². The van der Waals surface area contributed by atoms with Crippen LogP contribution in [0.5, 0.6) is 0 Å². The third kappa shape index (κ3) is 42.5. The average molecular weight is 794 g/mol. The van der Waals surface area contributed by atoms with E-state index in [1.165, 1.54) is 199 Å². The molecule has 0 heterocycles. The van der Waals surface area contributed by atoms with Crippen molar-refractivity contribution in [3.8, 4) is 0 Å². The highest BCUT2D eigenvalue weighted by Gasteiger charge is 2.20. The van der Waals surface area contributed by atoms with Gasteiger partial charge in [0.2, 0.25) is 5.91 Å². The molecule has 0 aliphatic rings. The second-order valence-corrected chi connectivity index (χ2v) is 17.5. The number of ether oxygens (including phenoxy) is 1. The summed E-state index contributed by atoms with van der Waals surface area (Å²) in [4.78, 5) is 24.4. The van der Waals surface area contributed by atoms with Gasteiger partial charge in [0.1, 0.15) is 0 Å². The van der Waals surface area contributed by atoms with Gasteiger partial charge in [0.25, 0.3) is 0 Å². The maximum Gasteiger partial charge on any atom is 0.305 e. The van der Waals surface area contributed by atoms with Crippen LogP contribution >= 0.6 is 0 Å². The van der Waals surface area contributed by atoms with Crippen molar-refractivity contribution < 1.29 is 24.5 Å². The van der Waals surface area contributed by atoms with E-state index >= 15 is 0 Å². The molecule has 0 fully saturated rings. The monoisotopic (exact) mass is 794 g/mol. The van der Waals surface area contributed by atoms with E-state index in [9.17, 15) is 19.8 Å². The summed E-state index contributed by atoms with van der Waals surface area (Å²) in [5.41, 5.74) is 0. The fraction of sp³-hybridized carbons (Fsp3) is 0.960. The summed E-state index contributed by atoms with van der Waals surface area (Å²) in [6.45, 7) is 4.93. The fourth-order valence-corrected chi connectivity index (χ4v) is 7.99. The molecular formula is C50H99NO5. The van der Waals surface area contributed by atoms with Gasteiger partial charge in [0, 0.05) is 12.8 Å². The van der Waals surface area contributed by atoms with Gasteiger partial charge < -0.3 is 20.3 Å². The van der Waals surface area contributed by atoms with Crippen molar-refractivity contribution in [2.75, 3.05) is 13.2 Å². The summed E-state index contributed by atoms with van der Waals surface area (Å²) in [6.07, 6.45) is 50.7. The number of hydrogen-bond acceptors (Lipinski definition) is 5. The number of amides is 1. The lowest BCUT2D eigenvalue weighted by molar-refractivity contribution is -0.143. The number of hydrogen-bond donors (Lipinski definition) is 3. The number of rotatable bonds is 47. The first-order chi connectivity index (χ1) is 27.5. The number of nitrogens with one attached hydrogen (secondary N) is 1. The van der Waals surface area contributed by atoms with E-state index in [1.807, 2.05) is 0 Å². The van der Waals surface area contributed by atoms with Crippen molar-refractivity contribution in [3.63, 3.8) is 0 Å². The SMILES string of the molecule is CCCCCCCCCCCCCCCCCC(=O)OCCCCCCCCCCCCCCCCC(=O)NC(CO)C(O)CCCCCCCCCCCC. The van der Waals surface area contributed by atoms with Crippen LogP contribution in [0.25, 0.3) is 0 Å². The van der Waals surface area contributed by atoms with Crippen molar-refractivity contribution in [2.45, 2.75) is 296 Å². The minimum Gasteiger partial charge on any atom is -0.466 e. The number of unbranched alkanes of at least 4 members (excludes halogenated alkanes) is 36. The zero-order valence-electron chi connectivity index (χ0n) is 37.9. The van der Waals surface area contributed by atoms with Crippen molar-refractivity contribution in [2.24, 2.45) is 0 Å². The first-order valence-corrected chi connectivity index (χ1v) is 25.3. The summed E-state index contributed by atoms with van der Waals surface area (Å²) in [5.74, 6) is -0.0451. The zero-order valence-corrected chi connectivity index (χ0v) is 37.9. The lowest BCUT2D eigenvalue weighted by Gasteiger charge is -2.22. The Morgan fingerprint density at radius 1 is 0.429 bits per heavy atom. The second kappa shape index (κ2) is 46.5. The molecule has 0 rings (SSSR count). The number of carbonyl (C=O) groups excluding carboxylic acids is 2. The smallest absolute Gasteiger partial charge is 0.305 e. The lowest BCUT2D eigenvalue weighted by Crippen LogP contribution is -2.45. The highest BCUT2D eigenvalue weighted by atomic mass is 16.5. The highest BCUT2D eigenvalue weighted by molar-refractivity contribution is 5.76. The Kier molecular flexibility index (Phi) is 45.6. The lowest BCUT2D eigenvalue weighted by atomic mass is 10.0. The van der Waals surface area contributed by atoms with E-state index in [1.54, 1.807) is 0 Å². The molecule has 6 nitrogen and oxygen atoms in total. The average Bonchev–Trinajstić information content (AvgIpc) is 3.20. The zero-order chi connectivity index (χ0) is 40.8. The summed E-state index contributed by atoms with van der Waals surface area (Å²) in [5, 5.41) is 23.1. The van der Waals surface area contributed by atoms with Crippen molar-refractivity contribution in [1.29, 1.82) is 0 Å². The van der Waals surface area contributed by atoms with Crippen LogP contribution in [0.1, 0.15) is 284 Å². The minimum atomic E-state index is -0.667. The second-order valence-electron chi connectivity index (χ2n) is 17.5. The predicted octanol–water partition coefficient (Wildman–Crippen LogP) is 14.8. The van der Waals surface area contributed by atoms with Crippen LogP contribution < -0.4 is 5.32 Å². The number of aliphatic hydroxyl groups excluding tert-OH is 2. The Balaban J connectivity index is 3.40. The Morgan fingerprint density at radius 2 is 0.732 bits per heavy atom. The molecule has 56 heavy (non-hydrogen) atoms. The van der Waals surface area contributed by atoms with Gasteiger partial charge in [-0.25, -0.2) is 0 Å². The summed E-state index contributed by atoms with van der Waals surface area (Å²) >= 11 is 0. The summed E-state index contributed by atoms with van der Waals surface area (Å²) < 4.78 is 5.47. The molecule has 0 aromatic carbocycles. The van der Waals surface area contributed by atoms with Crippen LogP contribution in [0.15, 0.2) is 0 Å². The van der Waals surface area contributed by atoms with Gasteiger partial charge in [-0.1, -0.05) is 245 Å². The van der Waals surface area contributed by atoms with Crippen LogP contribution in [0, 0.1) is 0 Å². The molecule has 3 N–H and O–H groups in total. The largest absolute Gasteiger partial charge is 0.466 e. The van der Waals surface area contributed by atoms with Crippen molar-refractivity contribution in [3.05, 3.63) is 0 Å². The normalized spacial score (nSPS) is 12.6. The van der Waals surface area contributed by atoms with E-state index < -0.39 is 12.1 Å². The van der Waals surface area contributed by atoms with E-state index in [4.69, 9.17) is 4.74 Å². The Labute approximate surface area is 349 Å². The molecule has 0 radical (unpaired) electrons. The van der Waals surface area contributed by atoms with Gasteiger partial charge in [-0.3, -0.25) is 9.59 Å². The Bertz CT molecular complexity index is 791. The minimum absolute atomic E-state index is 0.000887. The van der Waals surface area contributed by atoms with E-state index in [0.717, 1.165) is 51.4 Å². The fourth-order valence-electron chi connectivity index (χ4n) is 7.99. The molecule has 0 saturated heterocycles. The van der Waals surface area contributed by atoms with Crippen LogP contribution in [-0.4, -0.2) is 47.4 Å². The van der Waals surface area contributed by atoms with Gasteiger partial charge >= 0.3 is 5.97 Å². The van der Waals surface area contributed by atoms with E-state index in [2.05, 4.69) is 19.2 Å². The van der Waals surface area contributed by atoms with Gasteiger partial charge in [0.15, 0.2) is 0 Å². The molecule has 2 atom stereocenters. The molecule has 334 valence electrons. The molecule has 0 saturated carbocycles. The van der Waals surface area contributed by atoms with E-state index in [0.29, 0.717) is 25.9 Å². The standard InChI is InChI=1S/C50H99NO5/c1-3-5-7-9-11-13-15-16-17-21-24-28-32-36-40-44-50(55)56-45-41-37-33-29-25-22-19-18-20-23-27-31-35-39-43-49(54)51-47(46-52)48(53)42-38-34-30-26-14-12-10-8-6-4-2/h47-48,52-53H,3-46H2,1-2H3,(H,51,54). The van der Waals surface area contributed by atoms with Gasteiger partial charge in [-0.2, -0.15) is 0 Å². The molecule has 6 heteroatoms. The van der Waals surface area contributed by atoms with Crippen molar-refractivity contribution >= 4 is 11.9 Å². The molecule has 0 spiro atoms. The predicted molar refractivity (Wildman–Crippen MR) is 241 cm³/mol. The quantitative estimate of drug-likeness (QED) is 0.0421. The molecular weight excluding hydrogens is 695 g/mol. The number of carbonyl (C=O) groups is 2. The summed E-state index contributed by atoms with van der Waals surface area (Å²) in [6, 6.07) is -0.546. The van der Waals surface area contributed by atoms with E-state index in [-0.39, 0.29) is 18.5 Å². The maximum absolute atomic E-state index is 12.4. The number of esters is 1. The first-order valence-electron chi connectivity index (χ1n) is 25.3. The topological polar surface area (TPSA) is 95.9 Å². The van der Waals surface area contributed by atoms with Crippen LogP contribution in [0.2, 0.25) is 0 Å². The molecule has 0 aliphatic heterocycles. The third-order valence-corrected chi connectivity index (χ3v) is 11.9. The number of aliphatic hydroxyl groups is 2. The van der Waals surface area contributed by atoms with Gasteiger partial charge in [-0.15, -0.1) is 0 Å². The van der Waals surface area contributed by atoms with Gasteiger partial charge in [-0.05, 0) is 25.7 Å². The Hall–Kier alpha value is -1.14. The van der Waals surface area contributed by atoms with Crippen LogP contribution in [0.3, 0.4) is 0 Å². The molecule has 0 aromatic rings. The molecule has 0 aromatic heterocycles. The molecule has 0 aliphatic carbocycles. The first kappa shape index (κ1) is 54.9. The highest BCUT2D eigenvalue weighted by Crippen LogP contribution is 2.17. The maximum atomic E-state index is 12.4. The molecule has 1 amide bonds. The molecule has 0 bridgehead atoms. The molecule has 2 unspecified atom stereocenters. The summed E-state index contributed by atoms with van der Waals surface area (Å²) in [7, 11) is 0. The van der Waals surface area contributed by atoms with Crippen LogP contribution in [0.4, 0.5) is 0 Å². The van der Waals surface area contributed by atoms with Crippen molar-refractivity contribution in [1.82, 2.24) is 5.32 Å². The van der Waals surface area contributed by atoms with Gasteiger partial charge in [0.05, 0.1) is 25.4 Å².